The zero-order chi connectivity index (χ0) is 40.3. The van der Waals surface area contributed by atoms with Crippen LogP contribution in [0, 0.1) is 5.41 Å². The number of carbonyl (C=O) groups is 3. The fraction of sp³-hybridized carbons (Fsp3) is 0.356. The Bertz CT molecular complexity index is 2060. The van der Waals surface area contributed by atoms with Crippen molar-refractivity contribution in [3.8, 4) is 0 Å². The number of ether oxygens (including phenoxy) is 4. The molecule has 4 aromatic carbocycles. The van der Waals surface area contributed by atoms with Crippen LogP contribution in [0.2, 0.25) is 0 Å². The van der Waals surface area contributed by atoms with Crippen LogP contribution in [-0.2, 0) is 56.9 Å². The quantitative estimate of drug-likeness (QED) is 0.0923. The number of aliphatic hydroxyl groups is 2. The summed E-state index contributed by atoms with van der Waals surface area (Å²) in [6, 6.07) is 33.8. The average Bonchev–Trinajstić information content (AvgIpc) is 3.84. The average molecular weight is 790 g/mol. The summed E-state index contributed by atoms with van der Waals surface area (Å²) in [4.78, 5) is 52.3. The molecule has 0 radical (unpaired) electrons. The van der Waals surface area contributed by atoms with Crippen molar-refractivity contribution in [3.63, 3.8) is 0 Å². The molecule has 7 unspecified atom stereocenters. The number of nitrogens with one attached hydrogen (secondary N) is 1. The standard InChI is InChI=1S/C45H47N3O10/c1-47(35(41(51)46-21-22-49)27-30-12-5-2-6-13-30)43(53)44-28-36-37-38(57-45(56-37,33-16-7-3-8-17-33)34-18-9-4-10-19-34)40(44)58-48(39(44)42(52)55-36)29-32-15-11-14-31(26-32)20-24-54-25-23-50/h2-20,24,26,35-40,49-50H,21-23,25,27-29H2,1H3,(H,46,51). The predicted molar refractivity (Wildman–Crippen MR) is 210 cm³/mol. The third kappa shape index (κ3) is 7.18. The van der Waals surface area contributed by atoms with Gasteiger partial charge in [0.25, 0.3) is 0 Å². The topological polar surface area (TPSA) is 156 Å². The normalized spacial score (nSPS) is 26.1. The summed E-state index contributed by atoms with van der Waals surface area (Å²) in [7, 11) is 1.58. The smallest absolute Gasteiger partial charge is 0.327 e. The molecule has 0 aromatic heterocycles. The van der Waals surface area contributed by atoms with Gasteiger partial charge in [-0.25, -0.2) is 0 Å². The number of hydrogen-bond donors (Lipinski definition) is 3. The van der Waals surface area contributed by atoms with Gasteiger partial charge in [0.2, 0.25) is 17.6 Å². The van der Waals surface area contributed by atoms with Crippen molar-refractivity contribution in [3.05, 3.63) is 149 Å². The van der Waals surface area contributed by atoms with Crippen LogP contribution in [0.4, 0.5) is 0 Å². The molecule has 58 heavy (non-hydrogen) atoms. The van der Waals surface area contributed by atoms with Gasteiger partial charge in [-0.15, -0.1) is 0 Å². The molecule has 2 bridgehead atoms. The van der Waals surface area contributed by atoms with Crippen LogP contribution in [0.25, 0.3) is 6.08 Å². The summed E-state index contributed by atoms with van der Waals surface area (Å²) in [5, 5.41) is 22.9. The molecule has 2 amide bonds. The van der Waals surface area contributed by atoms with Crippen LogP contribution < -0.4 is 5.32 Å². The number of aliphatic hydroxyl groups excluding tert-OH is 2. The van der Waals surface area contributed by atoms with E-state index in [1.807, 2.05) is 115 Å². The van der Waals surface area contributed by atoms with Crippen LogP contribution in [0.3, 0.4) is 0 Å². The van der Waals surface area contributed by atoms with E-state index in [1.54, 1.807) is 13.1 Å². The van der Waals surface area contributed by atoms with Gasteiger partial charge in [0.05, 0.1) is 26.0 Å². The molecule has 0 spiro atoms. The number of hydrogen-bond acceptors (Lipinski definition) is 11. The first-order valence-corrected chi connectivity index (χ1v) is 19.6. The van der Waals surface area contributed by atoms with Gasteiger partial charge in [0, 0.05) is 37.6 Å². The van der Waals surface area contributed by atoms with Crippen LogP contribution in [0.5, 0.6) is 0 Å². The molecule has 13 heteroatoms. The number of hydroxylamine groups is 2. The molecule has 8 rings (SSSR count). The lowest BCUT2D eigenvalue weighted by Crippen LogP contribution is -2.70. The molecule has 13 nitrogen and oxygen atoms in total. The van der Waals surface area contributed by atoms with E-state index in [0.29, 0.717) is 0 Å². The minimum absolute atomic E-state index is 0.00559. The second kappa shape index (κ2) is 16.8. The summed E-state index contributed by atoms with van der Waals surface area (Å²) < 4.78 is 25.7. The van der Waals surface area contributed by atoms with Crippen molar-refractivity contribution in [1.29, 1.82) is 0 Å². The number of amides is 2. The second-order valence-electron chi connectivity index (χ2n) is 15.0. The Labute approximate surface area is 336 Å². The zero-order valence-corrected chi connectivity index (χ0v) is 32.1. The van der Waals surface area contributed by atoms with Gasteiger partial charge in [0.1, 0.15) is 42.5 Å². The molecule has 3 saturated heterocycles. The SMILES string of the molecule is CN(C(=O)C12CC3OC(=O)C1N(Cc1cccc(C=COCCO)c1)OC2C1OC(c2ccccc2)(c2ccccc2)OC31)C(Cc1ccccc1)C(=O)NCCO. The molecule has 3 heterocycles. The summed E-state index contributed by atoms with van der Waals surface area (Å²) >= 11 is 0. The van der Waals surface area contributed by atoms with Crippen molar-refractivity contribution in [1.82, 2.24) is 15.3 Å². The zero-order valence-electron chi connectivity index (χ0n) is 32.1. The summed E-state index contributed by atoms with van der Waals surface area (Å²) in [6.07, 6.45) is -0.133. The van der Waals surface area contributed by atoms with E-state index in [0.717, 1.165) is 27.8 Å². The van der Waals surface area contributed by atoms with E-state index < -0.39 is 65.5 Å². The van der Waals surface area contributed by atoms with Gasteiger partial charge in [-0.3, -0.25) is 19.2 Å². The van der Waals surface area contributed by atoms with Crippen molar-refractivity contribution in [2.75, 3.05) is 33.4 Å². The highest BCUT2D eigenvalue weighted by Crippen LogP contribution is 2.59. The molecular formula is C45H47N3O10. The first-order valence-electron chi connectivity index (χ1n) is 19.6. The molecule has 4 fully saturated rings. The molecule has 1 saturated carbocycles. The predicted octanol–water partition coefficient (Wildman–Crippen LogP) is 3.33. The first kappa shape index (κ1) is 39.4. The van der Waals surface area contributed by atoms with Gasteiger partial charge in [-0.1, -0.05) is 115 Å². The maximum absolute atomic E-state index is 15.6. The highest BCUT2D eigenvalue weighted by Gasteiger charge is 2.77. The Hall–Kier alpha value is -5.41. The summed E-state index contributed by atoms with van der Waals surface area (Å²) in [5.74, 6) is -2.98. The Morgan fingerprint density at radius 1 is 0.897 bits per heavy atom. The van der Waals surface area contributed by atoms with E-state index in [4.69, 9.17) is 28.9 Å². The number of esters is 1. The van der Waals surface area contributed by atoms with Crippen molar-refractivity contribution in [2.45, 2.75) is 61.7 Å². The number of nitrogens with zero attached hydrogens (tertiary/aromatic N) is 2. The monoisotopic (exact) mass is 789 g/mol. The molecule has 4 aromatic rings. The van der Waals surface area contributed by atoms with E-state index in [-0.39, 0.29) is 45.8 Å². The minimum atomic E-state index is -1.56. The highest BCUT2D eigenvalue weighted by molar-refractivity contribution is 5.96. The Balaban J connectivity index is 1.21. The van der Waals surface area contributed by atoms with Gasteiger partial charge in [0.15, 0.2) is 6.04 Å². The molecule has 1 aliphatic carbocycles. The van der Waals surface area contributed by atoms with Crippen LogP contribution in [-0.4, -0.2) is 108 Å². The lowest BCUT2D eigenvalue weighted by molar-refractivity contribution is -0.214. The fourth-order valence-corrected chi connectivity index (χ4v) is 8.90. The molecule has 302 valence electrons. The second-order valence-corrected chi connectivity index (χ2v) is 15.0. The van der Waals surface area contributed by atoms with Crippen LogP contribution >= 0.6 is 0 Å². The molecular weight excluding hydrogens is 743 g/mol. The van der Waals surface area contributed by atoms with Crippen LogP contribution in [0.15, 0.2) is 122 Å². The molecule has 4 aliphatic rings. The highest BCUT2D eigenvalue weighted by atomic mass is 16.8. The molecule has 3 aliphatic heterocycles. The maximum atomic E-state index is 15.6. The van der Waals surface area contributed by atoms with E-state index in [9.17, 15) is 14.7 Å². The van der Waals surface area contributed by atoms with Crippen LogP contribution in [0.1, 0.15) is 34.2 Å². The molecule has 7 atom stereocenters. The lowest BCUT2D eigenvalue weighted by Gasteiger charge is -2.50. The Kier molecular flexibility index (Phi) is 11.4. The lowest BCUT2D eigenvalue weighted by atomic mass is 9.62. The van der Waals surface area contributed by atoms with Crippen molar-refractivity contribution in [2.24, 2.45) is 5.41 Å². The summed E-state index contributed by atoms with van der Waals surface area (Å²) in [5.41, 5.74) is 2.29. The van der Waals surface area contributed by atoms with Gasteiger partial charge < -0.3 is 39.4 Å². The summed E-state index contributed by atoms with van der Waals surface area (Å²) in [6.45, 7) is -0.118. The first-order chi connectivity index (χ1) is 28.3. The number of likely N-dealkylation sites (N-methyl/N-ethyl adjacent to an activating group) is 1. The van der Waals surface area contributed by atoms with Gasteiger partial charge in [-0.05, 0) is 22.8 Å². The van der Waals surface area contributed by atoms with E-state index >= 15 is 4.79 Å². The number of benzene rings is 4. The third-order valence-electron chi connectivity index (χ3n) is 11.5. The van der Waals surface area contributed by atoms with E-state index in [2.05, 4.69) is 5.32 Å². The Morgan fingerprint density at radius 2 is 1.55 bits per heavy atom. The number of rotatable bonds is 15. The third-order valence-corrected chi connectivity index (χ3v) is 11.5. The largest absolute Gasteiger partial charge is 0.499 e. The minimum Gasteiger partial charge on any atom is -0.499 e. The molecule has 3 N–H and O–H groups in total. The van der Waals surface area contributed by atoms with Crippen molar-refractivity contribution >= 4 is 23.9 Å². The Morgan fingerprint density at radius 3 is 2.22 bits per heavy atom. The van der Waals surface area contributed by atoms with Crippen molar-refractivity contribution < 1.29 is 48.4 Å². The van der Waals surface area contributed by atoms with Gasteiger partial charge in [-0.2, -0.15) is 5.06 Å². The fourth-order valence-electron chi connectivity index (χ4n) is 8.90. The van der Waals surface area contributed by atoms with Gasteiger partial charge >= 0.3 is 5.97 Å². The maximum Gasteiger partial charge on any atom is 0.327 e. The number of fused-ring (bicyclic) bond motifs is 4. The number of carbonyl (C=O) groups excluding carboxylic acids is 3. The van der Waals surface area contributed by atoms with E-state index in [1.165, 1.54) is 16.2 Å².